The van der Waals surface area contributed by atoms with Crippen molar-refractivity contribution in [1.82, 2.24) is 0 Å². The predicted molar refractivity (Wildman–Crippen MR) is 68.5 cm³/mol. The molecule has 0 amide bonds. The van der Waals surface area contributed by atoms with Crippen molar-refractivity contribution >= 4 is 22.6 Å². The molecule has 0 aliphatic carbocycles. The van der Waals surface area contributed by atoms with E-state index in [4.69, 9.17) is 0 Å². The molecule has 1 N–H and O–H groups in total. The van der Waals surface area contributed by atoms with Crippen molar-refractivity contribution < 1.29 is 8.78 Å². The van der Waals surface area contributed by atoms with Gasteiger partial charge in [0, 0.05) is 11.3 Å². The highest BCUT2D eigenvalue weighted by Crippen LogP contribution is 2.28. The minimum Gasteiger partial charge on any atom is -0.333 e. The molecule has 1 aliphatic heterocycles. The van der Waals surface area contributed by atoms with Crippen LogP contribution in [0.2, 0.25) is 0 Å². The minimum atomic E-state index is -0.596. The Labute approximate surface area is 104 Å². The van der Waals surface area contributed by atoms with Crippen LogP contribution in [-0.4, -0.2) is 17.0 Å². The lowest BCUT2D eigenvalue weighted by Gasteiger charge is -2.12. The summed E-state index contributed by atoms with van der Waals surface area (Å²) in [6.07, 6.45) is 0. The van der Waals surface area contributed by atoms with E-state index in [1.165, 1.54) is 12.1 Å². The van der Waals surface area contributed by atoms with E-state index in [0.29, 0.717) is 16.3 Å². The fourth-order valence-corrected chi connectivity index (χ4v) is 2.54. The van der Waals surface area contributed by atoms with Crippen LogP contribution in [0.1, 0.15) is 13.8 Å². The molecule has 0 saturated heterocycles. The zero-order valence-corrected chi connectivity index (χ0v) is 10.5. The SMILES string of the molecule is CC(C)C1CN=C(Nc2ccc(F)cc2F)S1. The van der Waals surface area contributed by atoms with Gasteiger partial charge in [-0.05, 0) is 18.1 Å². The van der Waals surface area contributed by atoms with Gasteiger partial charge in [-0.2, -0.15) is 0 Å². The van der Waals surface area contributed by atoms with Gasteiger partial charge in [0.25, 0.3) is 0 Å². The van der Waals surface area contributed by atoms with Crippen molar-refractivity contribution in [3.63, 3.8) is 0 Å². The number of rotatable bonds is 2. The van der Waals surface area contributed by atoms with Gasteiger partial charge in [-0.25, -0.2) is 8.78 Å². The molecule has 1 unspecified atom stereocenters. The number of thioether (sulfide) groups is 1. The van der Waals surface area contributed by atoms with Crippen molar-refractivity contribution in [2.75, 3.05) is 11.9 Å². The topological polar surface area (TPSA) is 24.4 Å². The molecule has 0 spiro atoms. The van der Waals surface area contributed by atoms with Crippen LogP contribution in [0.25, 0.3) is 0 Å². The summed E-state index contributed by atoms with van der Waals surface area (Å²) in [6, 6.07) is 3.48. The molecular weight excluding hydrogens is 242 g/mol. The van der Waals surface area contributed by atoms with E-state index in [0.717, 1.165) is 12.6 Å². The molecule has 0 saturated carbocycles. The van der Waals surface area contributed by atoms with Crippen LogP contribution in [0.4, 0.5) is 14.5 Å². The Balaban J connectivity index is 2.03. The second-order valence-corrected chi connectivity index (χ2v) is 5.52. The molecule has 1 aliphatic rings. The molecule has 1 aromatic rings. The van der Waals surface area contributed by atoms with Crippen LogP contribution >= 0.6 is 11.8 Å². The average molecular weight is 256 g/mol. The standard InChI is InChI=1S/C12H14F2N2S/c1-7(2)11-6-15-12(17-11)16-10-4-3-8(13)5-9(10)14/h3-5,7,11H,6H2,1-2H3,(H,15,16). The van der Waals surface area contributed by atoms with Gasteiger partial charge in [0.05, 0.1) is 12.2 Å². The fourth-order valence-electron chi connectivity index (χ4n) is 1.51. The van der Waals surface area contributed by atoms with E-state index in [1.54, 1.807) is 11.8 Å². The van der Waals surface area contributed by atoms with Gasteiger partial charge in [0.15, 0.2) is 5.17 Å². The Hall–Kier alpha value is -1.10. The second-order valence-electron chi connectivity index (χ2n) is 4.30. The predicted octanol–water partition coefficient (Wildman–Crippen LogP) is 3.50. The quantitative estimate of drug-likeness (QED) is 0.875. The zero-order chi connectivity index (χ0) is 12.4. The van der Waals surface area contributed by atoms with E-state index in [1.807, 2.05) is 0 Å². The summed E-state index contributed by atoms with van der Waals surface area (Å²) in [7, 11) is 0. The first-order valence-corrected chi connectivity index (χ1v) is 6.37. The molecule has 0 aromatic heterocycles. The normalized spacial score (nSPS) is 19.6. The molecule has 1 atom stereocenters. The Morgan fingerprint density at radius 1 is 1.41 bits per heavy atom. The molecule has 0 bridgehead atoms. The summed E-state index contributed by atoms with van der Waals surface area (Å²) >= 11 is 1.60. The summed E-state index contributed by atoms with van der Waals surface area (Å²) < 4.78 is 26.1. The van der Waals surface area contributed by atoms with Gasteiger partial charge in [-0.15, -0.1) is 0 Å². The van der Waals surface area contributed by atoms with Gasteiger partial charge in [0.1, 0.15) is 11.6 Å². The summed E-state index contributed by atoms with van der Waals surface area (Å²) in [6.45, 7) is 5.01. The van der Waals surface area contributed by atoms with Gasteiger partial charge in [0.2, 0.25) is 0 Å². The third-order valence-corrected chi connectivity index (χ3v) is 4.04. The Morgan fingerprint density at radius 2 is 2.18 bits per heavy atom. The van der Waals surface area contributed by atoms with Crippen LogP contribution in [0.5, 0.6) is 0 Å². The van der Waals surface area contributed by atoms with Crippen LogP contribution in [0.3, 0.4) is 0 Å². The van der Waals surface area contributed by atoms with Crippen LogP contribution in [-0.2, 0) is 0 Å². The molecule has 92 valence electrons. The first-order chi connectivity index (χ1) is 8.06. The molecule has 17 heavy (non-hydrogen) atoms. The minimum absolute atomic E-state index is 0.266. The lowest BCUT2D eigenvalue weighted by atomic mass is 10.1. The van der Waals surface area contributed by atoms with Gasteiger partial charge in [-0.1, -0.05) is 25.6 Å². The van der Waals surface area contributed by atoms with E-state index in [2.05, 4.69) is 24.2 Å². The fraction of sp³-hybridized carbons (Fsp3) is 0.417. The van der Waals surface area contributed by atoms with E-state index < -0.39 is 11.6 Å². The number of benzene rings is 1. The highest BCUT2D eigenvalue weighted by atomic mass is 32.2. The van der Waals surface area contributed by atoms with Crippen LogP contribution in [0, 0.1) is 17.6 Å². The van der Waals surface area contributed by atoms with Crippen LogP contribution in [0.15, 0.2) is 23.2 Å². The molecular formula is C12H14F2N2S. The largest absolute Gasteiger partial charge is 0.333 e. The van der Waals surface area contributed by atoms with E-state index in [-0.39, 0.29) is 5.69 Å². The molecule has 2 rings (SSSR count). The summed E-state index contributed by atoms with van der Waals surface area (Å²) in [5.41, 5.74) is 0.266. The number of hydrogen-bond donors (Lipinski definition) is 1. The number of nitrogens with zero attached hydrogens (tertiary/aromatic N) is 1. The lowest BCUT2D eigenvalue weighted by molar-refractivity contribution is 0.586. The third kappa shape index (κ3) is 2.97. The maximum Gasteiger partial charge on any atom is 0.161 e. The Bertz CT molecular complexity index is 446. The second kappa shape index (κ2) is 5.04. The number of nitrogens with one attached hydrogen (secondary N) is 1. The summed E-state index contributed by atoms with van der Waals surface area (Å²) in [4.78, 5) is 4.31. The van der Waals surface area contributed by atoms with Gasteiger partial charge >= 0.3 is 0 Å². The first-order valence-electron chi connectivity index (χ1n) is 5.49. The monoisotopic (exact) mass is 256 g/mol. The molecule has 0 radical (unpaired) electrons. The van der Waals surface area contributed by atoms with Crippen molar-refractivity contribution in [1.29, 1.82) is 0 Å². The molecule has 0 fully saturated rings. The number of aliphatic imine (C=N–C) groups is 1. The first kappa shape index (κ1) is 12.4. The van der Waals surface area contributed by atoms with Crippen molar-refractivity contribution in [3.05, 3.63) is 29.8 Å². The Morgan fingerprint density at radius 3 is 2.76 bits per heavy atom. The van der Waals surface area contributed by atoms with E-state index >= 15 is 0 Å². The Kier molecular flexibility index (Phi) is 3.66. The van der Waals surface area contributed by atoms with E-state index in [9.17, 15) is 8.78 Å². The maximum absolute atomic E-state index is 13.4. The lowest BCUT2D eigenvalue weighted by Crippen LogP contribution is -2.13. The van der Waals surface area contributed by atoms with Gasteiger partial charge in [-0.3, -0.25) is 4.99 Å². The maximum atomic E-state index is 13.4. The highest BCUT2D eigenvalue weighted by molar-refractivity contribution is 8.15. The molecule has 5 heteroatoms. The summed E-state index contributed by atoms with van der Waals surface area (Å²) in [5, 5.41) is 4.03. The highest BCUT2D eigenvalue weighted by Gasteiger charge is 2.22. The number of halogens is 2. The number of hydrogen-bond acceptors (Lipinski definition) is 3. The van der Waals surface area contributed by atoms with Crippen LogP contribution < -0.4 is 5.32 Å². The smallest absolute Gasteiger partial charge is 0.161 e. The third-order valence-electron chi connectivity index (χ3n) is 2.59. The zero-order valence-electron chi connectivity index (χ0n) is 9.71. The van der Waals surface area contributed by atoms with Crippen molar-refractivity contribution in [2.24, 2.45) is 10.9 Å². The van der Waals surface area contributed by atoms with Gasteiger partial charge < -0.3 is 5.32 Å². The van der Waals surface area contributed by atoms with Crippen molar-refractivity contribution in [2.45, 2.75) is 19.1 Å². The molecule has 2 nitrogen and oxygen atoms in total. The summed E-state index contributed by atoms with van der Waals surface area (Å²) in [5.74, 6) is -0.642. The number of anilines is 1. The number of amidine groups is 1. The average Bonchev–Trinajstić information content (AvgIpc) is 2.71. The molecule has 1 aromatic carbocycles. The molecule has 1 heterocycles. The van der Waals surface area contributed by atoms with Crippen molar-refractivity contribution in [3.8, 4) is 0 Å².